The first-order chi connectivity index (χ1) is 10.7. The van der Waals surface area contributed by atoms with Gasteiger partial charge in [0.25, 0.3) is 0 Å². The lowest BCUT2D eigenvalue weighted by Crippen LogP contribution is -2.62. The normalized spacial score (nSPS) is 42.5. The summed E-state index contributed by atoms with van der Waals surface area (Å²) in [6, 6.07) is 9.55. The van der Waals surface area contributed by atoms with E-state index in [1.165, 1.54) is 30.6 Å². The summed E-state index contributed by atoms with van der Waals surface area (Å²) in [5, 5.41) is 3.70. The summed E-state index contributed by atoms with van der Waals surface area (Å²) in [5.74, 6) is 1.49. The van der Waals surface area contributed by atoms with Gasteiger partial charge >= 0.3 is 0 Å². The lowest BCUT2D eigenvalue weighted by molar-refractivity contribution is -0.132. The van der Waals surface area contributed by atoms with E-state index < -0.39 is 0 Å². The molecule has 3 fully saturated rings. The van der Waals surface area contributed by atoms with Gasteiger partial charge in [-0.1, -0.05) is 31.5 Å². The van der Waals surface area contributed by atoms with Crippen LogP contribution in [0.25, 0.3) is 0 Å². The summed E-state index contributed by atoms with van der Waals surface area (Å²) < 4.78 is 0. The Bertz CT molecular complexity index is 642. The van der Waals surface area contributed by atoms with Gasteiger partial charge in [0.1, 0.15) is 5.78 Å². The van der Waals surface area contributed by atoms with Gasteiger partial charge in [-0.25, -0.2) is 0 Å². The third-order valence-corrected chi connectivity index (χ3v) is 6.97. The van der Waals surface area contributed by atoms with Gasteiger partial charge in [0, 0.05) is 42.1 Å². The number of hydrogen-bond donors (Lipinski definition) is 1. The zero-order valence-corrected chi connectivity index (χ0v) is 13.2. The van der Waals surface area contributed by atoms with E-state index in [4.69, 9.17) is 0 Å². The summed E-state index contributed by atoms with van der Waals surface area (Å²) in [5.41, 5.74) is 2.95. The molecule has 2 saturated heterocycles. The second kappa shape index (κ2) is 4.35. The molecule has 3 nitrogen and oxygen atoms in total. The second-order valence-corrected chi connectivity index (χ2v) is 7.76. The van der Waals surface area contributed by atoms with Crippen molar-refractivity contribution in [1.82, 2.24) is 4.90 Å². The topological polar surface area (TPSA) is 32.3 Å². The third-order valence-electron chi connectivity index (χ3n) is 6.97. The molecule has 4 aliphatic rings. The molecular formula is C19H24N2O. The van der Waals surface area contributed by atoms with Crippen molar-refractivity contribution in [3.05, 3.63) is 29.8 Å². The number of anilines is 1. The highest BCUT2D eigenvalue weighted by Gasteiger charge is 2.64. The highest BCUT2D eigenvalue weighted by atomic mass is 16.1. The first kappa shape index (κ1) is 13.1. The Morgan fingerprint density at radius 2 is 2.23 bits per heavy atom. The molecule has 116 valence electrons. The molecule has 3 aliphatic heterocycles. The van der Waals surface area contributed by atoms with Crippen molar-refractivity contribution in [2.24, 2.45) is 11.8 Å². The Morgan fingerprint density at radius 3 is 3.09 bits per heavy atom. The van der Waals surface area contributed by atoms with E-state index in [0.717, 1.165) is 19.4 Å². The Labute approximate surface area is 132 Å². The van der Waals surface area contributed by atoms with Crippen molar-refractivity contribution in [3.8, 4) is 0 Å². The Morgan fingerprint density at radius 1 is 1.36 bits per heavy atom. The maximum atomic E-state index is 12.8. The number of Topliss-reactive ketones (excluding diaryl/α,β-unsaturated/α-hetero) is 1. The van der Waals surface area contributed by atoms with Crippen molar-refractivity contribution in [2.75, 3.05) is 18.4 Å². The number of benzene rings is 1. The van der Waals surface area contributed by atoms with E-state index in [9.17, 15) is 4.79 Å². The van der Waals surface area contributed by atoms with E-state index in [0.29, 0.717) is 23.8 Å². The average Bonchev–Trinajstić information content (AvgIpc) is 3.08. The second-order valence-electron chi connectivity index (χ2n) is 7.76. The summed E-state index contributed by atoms with van der Waals surface area (Å²) >= 11 is 0. The molecule has 1 N–H and O–H groups in total. The minimum absolute atomic E-state index is 0.188. The minimum Gasteiger partial charge on any atom is -0.381 e. The van der Waals surface area contributed by atoms with Gasteiger partial charge in [-0.05, 0) is 36.9 Å². The molecule has 3 heterocycles. The van der Waals surface area contributed by atoms with Gasteiger partial charge in [-0.15, -0.1) is 0 Å². The fraction of sp³-hybridized carbons (Fsp3) is 0.632. The van der Waals surface area contributed by atoms with Crippen LogP contribution in [0, 0.1) is 11.8 Å². The molecule has 1 spiro atoms. The van der Waals surface area contributed by atoms with Crippen molar-refractivity contribution in [3.63, 3.8) is 0 Å². The van der Waals surface area contributed by atoms with Crippen molar-refractivity contribution in [1.29, 1.82) is 0 Å². The van der Waals surface area contributed by atoms with Crippen LogP contribution < -0.4 is 5.32 Å². The molecule has 5 atom stereocenters. The maximum absolute atomic E-state index is 12.8. The number of hydrogen-bond acceptors (Lipinski definition) is 3. The van der Waals surface area contributed by atoms with Crippen molar-refractivity contribution < 1.29 is 4.79 Å². The standard InChI is InChI=1S/C19H24N2O/c1-2-12-9-13-16(22)10-17-19(7-8-21(11-12)18(13)19)14-5-3-4-6-15(14)20-17/h3-6,12-13,17-18,20H,2,7-11H2,1H3/t12-,13+,17+,18+,19+/m0/s1. The maximum Gasteiger partial charge on any atom is 0.139 e. The zero-order valence-electron chi connectivity index (χ0n) is 13.2. The summed E-state index contributed by atoms with van der Waals surface area (Å²) in [6.45, 7) is 4.64. The molecule has 22 heavy (non-hydrogen) atoms. The van der Waals surface area contributed by atoms with Gasteiger partial charge in [0.2, 0.25) is 0 Å². The van der Waals surface area contributed by atoms with Crippen LogP contribution in [0.15, 0.2) is 24.3 Å². The number of nitrogens with one attached hydrogen (secondary N) is 1. The molecule has 1 aromatic carbocycles. The molecule has 0 radical (unpaired) electrons. The highest BCUT2D eigenvalue weighted by Crippen LogP contribution is 2.58. The van der Waals surface area contributed by atoms with Crippen LogP contribution in [0.3, 0.4) is 0 Å². The number of ketones is 1. The van der Waals surface area contributed by atoms with Crippen LogP contribution in [-0.4, -0.2) is 35.9 Å². The molecule has 0 amide bonds. The van der Waals surface area contributed by atoms with E-state index in [1.807, 2.05) is 0 Å². The number of piperidine rings is 1. The molecule has 0 aromatic heterocycles. The van der Waals surface area contributed by atoms with E-state index in [2.05, 4.69) is 41.4 Å². The Hall–Kier alpha value is -1.35. The summed E-state index contributed by atoms with van der Waals surface area (Å²) in [4.78, 5) is 15.5. The molecular weight excluding hydrogens is 272 g/mol. The summed E-state index contributed by atoms with van der Waals surface area (Å²) in [6.07, 6.45) is 4.26. The molecule has 3 heteroatoms. The molecule has 5 rings (SSSR count). The van der Waals surface area contributed by atoms with Gasteiger partial charge in [-0.2, -0.15) is 0 Å². The van der Waals surface area contributed by atoms with Crippen LogP contribution in [0.2, 0.25) is 0 Å². The number of para-hydroxylation sites is 1. The largest absolute Gasteiger partial charge is 0.381 e. The first-order valence-corrected chi connectivity index (χ1v) is 8.87. The first-order valence-electron chi connectivity index (χ1n) is 8.87. The van der Waals surface area contributed by atoms with Crippen LogP contribution >= 0.6 is 0 Å². The van der Waals surface area contributed by atoms with Crippen molar-refractivity contribution in [2.45, 2.75) is 50.1 Å². The van der Waals surface area contributed by atoms with E-state index in [1.54, 1.807) is 0 Å². The monoisotopic (exact) mass is 296 g/mol. The lowest BCUT2D eigenvalue weighted by atomic mass is 9.58. The fourth-order valence-electron chi connectivity index (χ4n) is 6.04. The summed E-state index contributed by atoms with van der Waals surface area (Å²) in [7, 11) is 0. The predicted octanol–water partition coefficient (Wildman–Crippen LogP) is 2.81. The average molecular weight is 296 g/mol. The SMILES string of the molecule is CC[C@H]1C[C@@H]2C(=O)C[C@H]3Nc4ccccc4[C@]34CCN(C1)[C@H]24. The van der Waals surface area contributed by atoms with E-state index >= 15 is 0 Å². The van der Waals surface area contributed by atoms with Gasteiger partial charge in [0.15, 0.2) is 0 Å². The zero-order chi connectivity index (χ0) is 14.9. The van der Waals surface area contributed by atoms with Gasteiger partial charge < -0.3 is 5.32 Å². The Balaban J connectivity index is 1.65. The smallest absolute Gasteiger partial charge is 0.139 e. The Kier molecular flexibility index (Phi) is 2.59. The third kappa shape index (κ3) is 1.43. The highest BCUT2D eigenvalue weighted by molar-refractivity contribution is 5.87. The van der Waals surface area contributed by atoms with Crippen molar-refractivity contribution >= 4 is 11.5 Å². The molecule has 1 aliphatic carbocycles. The number of carbonyl (C=O) groups is 1. The predicted molar refractivity (Wildman–Crippen MR) is 87.0 cm³/mol. The van der Waals surface area contributed by atoms with Crippen LogP contribution in [0.5, 0.6) is 0 Å². The number of fused-ring (bicyclic) bond motifs is 1. The van der Waals surface area contributed by atoms with Crippen LogP contribution in [0.4, 0.5) is 5.69 Å². The number of rotatable bonds is 1. The van der Waals surface area contributed by atoms with E-state index in [-0.39, 0.29) is 11.3 Å². The van der Waals surface area contributed by atoms with Crippen LogP contribution in [0.1, 0.15) is 38.2 Å². The number of carbonyl (C=O) groups excluding carboxylic acids is 1. The van der Waals surface area contributed by atoms with Gasteiger partial charge in [0.05, 0.1) is 0 Å². The number of nitrogens with zero attached hydrogens (tertiary/aromatic N) is 1. The minimum atomic E-state index is 0.188. The molecule has 0 unspecified atom stereocenters. The molecule has 1 aromatic rings. The fourth-order valence-corrected chi connectivity index (χ4v) is 6.04. The lowest BCUT2D eigenvalue weighted by Gasteiger charge is -2.51. The molecule has 1 saturated carbocycles. The van der Waals surface area contributed by atoms with Gasteiger partial charge in [-0.3, -0.25) is 9.69 Å². The molecule has 0 bridgehead atoms. The van der Waals surface area contributed by atoms with Crippen LogP contribution in [-0.2, 0) is 10.2 Å². The quantitative estimate of drug-likeness (QED) is 0.865.